The van der Waals surface area contributed by atoms with Gasteiger partial charge in [0.25, 0.3) is 0 Å². The minimum absolute atomic E-state index is 0.448. The maximum atomic E-state index is 5.51. The van der Waals surface area contributed by atoms with Crippen molar-refractivity contribution in [2.75, 3.05) is 0 Å². The van der Waals surface area contributed by atoms with Crippen molar-refractivity contribution >= 4 is 12.8 Å². The van der Waals surface area contributed by atoms with Crippen molar-refractivity contribution in [3.05, 3.63) is 41.2 Å². The van der Waals surface area contributed by atoms with Crippen LogP contribution in [-0.2, 0) is 0 Å². The van der Waals surface area contributed by atoms with Gasteiger partial charge in [-0.3, -0.25) is 0 Å². The van der Waals surface area contributed by atoms with Crippen molar-refractivity contribution < 1.29 is 0 Å². The SMILES string of the molecule is C=N/C(N)=C\c1ccccc1C. The predicted octanol–water partition coefficient (Wildman–Crippen LogP) is 1.95. The normalized spacial score (nSPS) is 11.2. The minimum atomic E-state index is 0.448. The highest BCUT2D eigenvalue weighted by Crippen LogP contribution is 2.09. The van der Waals surface area contributed by atoms with Gasteiger partial charge in [0.05, 0.1) is 0 Å². The fourth-order valence-electron chi connectivity index (χ4n) is 0.954. The second-order valence-electron chi connectivity index (χ2n) is 2.58. The van der Waals surface area contributed by atoms with E-state index in [0.29, 0.717) is 5.82 Å². The van der Waals surface area contributed by atoms with Crippen molar-refractivity contribution in [3.63, 3.8) is 0 Å². The van der Waals surface area contributed by atoms with E-state index in [9.17, 15) is 0 Å². The van der Waals surface area contributed by atoms with Crippen LogP contribution in [0.1, 0.15) is 11.1 Å². The first-order chi connectivity index (χ1) is 5.74. The average Bonchev–Trinajstić information content (AvgIpc) is 2.09. The lowest BCUT2D eigenvalue weighted by molar-refractivity contribution is 1.28. The van der Waals surface area contributed by atoms with Gasteiger partial charge in [0, 0.05) is 0 Å². The fraction of sp³-hybridized carbons (Fsp3) is 0.100. The highest BCUT2D eigenvalue weighted by atomic mass is 14.9. The molecule has 0 fully saturated rings. The van der Waals surface area contributed by atoms with E-state index in [1.807, 2.05) is 37.3 Å². The average molecular weight is 160 g/mol. The van der Waals surface area contributed by atoms with Gasteiger partial charge in [0.1, 0.15) is 5.82 Å². The van der Waals surface area contributed by atoms with Crippen molar-refractivity contribution in [2.24, 2.45) is 10.7 Å². The zero-order valence-electron chi connectivity index (χ0n) is 7.12. The van der Waals surface area contributed by atoms with Gasteiger partial charge in [-0.15, -0.1) is 0 Å². The summed E-state index contributed by atoms with van der Waals surface area (Å²) in [5.74, 6) is 0.448. The Balaban J connectivity index is 3.04. The molecule has 0 atom stereocenters. The molecule has 2 N–H and O–H groups in total. The number of nitrogens with zero attached hydrogens (tertiary/aromatic N) is 1. The summed E-state index contributed by atoms with van der Waals surface area (Å²) in [6.45, 7) is 5.37. The number of nitrogens with two attached hydrogens (primary N) is 1. The molecule has 0 heterocycles. The van der Waals surface area contributed by atoms with E-state index in [4.69, 9.17) is 5.73 Å². The molecule has 12 heavy (non-hydrogen) atoms. The molecule has 0 unspecified atom stereocenters. The first-order valence-corrected chi connectivity index (χ1v) is 3.73. The van der Waals surface area contributed by atoms with E-state index in [0.717, 1.165) is 5.56 Å². The van der Waals surface area contributed by atoms with Crippen LogP contribution in [0.4, 0.5) is 0 Å². The van der Waals surface area contributed by atoms with E-state index in [1.54, 1.807) is 0 Å². The quantitative estimate of drug-likeness (QED) is 0.660. The smallest absolute Gasteiger partial charge is 0.123 e. The molecule has 1 rings (SSSR count). The molecule has 0 radical (unpaired) electrons. The third-order valence-electron chi connectivity index (χ3n) is 1.67. The second kappa shape index (κ2) is 3.72. The van der Waals surface area contributed by atoms with Crippen LogP contribution in [0.15, 0.2) is 35.1 Å². The van der Waals surface area contributed by atoms with Gasteiger partial charge in [-0.05, 0) is 30.8 Å². The van der Waals surface area contributed by atoms with Crippen molar-refractivity contribution in [1.82, 2.24) is 0 Å². The molecule has 0 aliphatic rings. The van der Waals surface area contributed by atoms with Crippen LogP contribution >= 0.6 is 0 Å². The fourth-order valence-corrected chi connectivity index (χ4v) is 0.954. The third kappa shape index (κ3) is 1.95. The molecule has 2 nitrogen and oxygen atoms in total. The van der Waals surface area contributed by atoms with Gasteiger partial charge in [-0.1, -0.05) is 24.3 Å². The monoisotopic (exact) mass is 160 g/mol. The van der Waals surface area contributed by atoms with Crippen molar-refractivity contribution in [3.8, 4) is 0 Å². The molecular formula is C10H12N2. The van der Waals surface area contributed by atoms with Gasteiger partial charge in [-0.25, -0.2) is 4.99 Å². The zero-order valence-corrected chi connectivity index (χ0v) is 7.12. The molecule has 0 aromatic heterocycles. The Bertz CT molecular complexity index is 313. The Morgan fingerprint density at radius 3 is 2.75 bits per heavy atom. The summed E-state index contributed by atoms with van der Waals surface area (Å²) in [6.07, 6.45) is 1.81. The highest BCUT2D eigenvalue weighted by molar-refractivity contribution is 5.56. The predicted molar refractivity (Wildman–Crippen MR) is 52.9 cm³/mol. The molecule has 0 bridgehead atoms. The molecule has 0 aliphatic carbocycles. The lowest BCUT2D eigenvalue weighted by Gasteiger charge is -1.98. The number of aliphatic imine (C=N–C) groups is 1. The summed E-state index contributed by atoms with van der Waals surface area (Å²) >= 11 is 0. The van der Waals surface area contributed by atoms with E-state index in [2.05, 4.69) is 11.7 Å². The molecule has 0 spiro atoms. The van der Waals surface area contributed by atoms with Crippen molar-refractivity contribution in [1.29, 1.82) is 0 Å². The summed E-state index contributed by atoms with van der Waals surface area (Å²) in [4.78, 5) is 3.61. The van der Waals surface area contributed by atoms with Gasteiger partial charge in [-0.2, -0.15) is 0 Å². The summed E-state index contributed by atoms with van der Waals surface area (Å²) in [5, 5.41) is 0. The summed E-state index contributed by atoms with van der Waals surface area (Å²) in [7, 11) is 0. The first-order valence-electron chi connectivity index (χ1n) is 3.73. The molecule has 0 saturated heterocycles. The van der Waals surface area contributed by atoms with Crippen LogP contribution in [0.3, 0.4) is 0 Å². The molecule has 62 valence electrons. The van der Waals surface area contributed by atoms with Crippen molar-refractivity contribution in [2.45, 2.75) is 6.92 Å². The van der Waals surface area contributed by atoms with Gasteiger partial charge < -0.3 is 5.73 Å². The molecule has 1 aromatic rings. The standard InChI is InChI=1S/C10H12N2/c1-8-5-3-4-6-9(8)7-10(11)12-2/h3-7H,2,11H2,1H3/b10-7-. The molecule has 0 amide bonds. The highest BCUT2D eigenvalue weighted by Gasteiger charge is 1.92. The Kier molecular flexibility index (Phi) is 2.64. The minimum Gasteiger partial charge on any atom is -0.384 e. The van der Waals surface area contributed by atoms with E-state index < -0.39 is 0 Å². The van der Waals surface area contributed by atoms with Gasteiger partial charge in [0.2, 0.25) is 0 Å². The Hall–Kier alpha value is -1.57. The Labute approximate surface area is 72.4 Å². The van der Waals surface area contributed by atoms with Crippen LogP contribution in [0.2, 0.25) is 0 Å². The number of benzene rings is 1. The zero-order chi connectivity index (χ0) is 8.97. The first kappa shape index (κ1) is 8.53. The lowest BCUT2D eigenvalue weighted by Crippen LogP contribution is -1.92. The number of hydrogen-bond acceptors (Lipinski definition) is 2. The molecule has 0 aliphatic heterocycles. The van der Waals surface area contributed by atoms with Crippen LogP contribution in [0, 0.1) is 6.92 Å². The number of rotatable bonds is 2. The summed E-state index contributed by atoms with van der Waals surface area (Å²) < 4.78 is 0. The maximum Gasteiger partial charge on any atom is 0.123 e. The third-order valence-corrected chi connectivity index (χ3v) is 1.67. The lowest BCUT2D eigenvalue weighted by atomic mass is 10.1. The molecule has 0 saturated carbocycles. The Morgan fingerprint density at radius 1 is 1.50 bits per heavy atom. The maximum absolute atomic E-state index is 5.51. The van der Waals surface area contributed by atoms with E-state index in [-0.39, 0.29) is 0 Å². The Morgan fingerprint density at radius 2 is 2.17 bits per heavy atom. The van der Waals surface area contributed by atoms with Crippen LogP contribution < -0.4 is 5.73 Å². The van der Waals surface area contributed by atoms with Crippen LogP contribution in [0.25, 0.3) is 6.08 Å². The topological polar surface area (TPSA) is 38.4 Å². The molecule has 1 aromatic carbocycles. The van der Waals surface area contributed by atoms with E-state index in [1.165, 1.54) is 5.56 Å². The summed E-state index contributed by atoms with van der Waals surface area (Å²) in [6, 6.07) is 7.98. The number of aryl methyl sites for hydroxylation is 1. The van der Waals surface area contributed by atoms with Crippen LogP contribution in [0.5, 0.6) is 0 Å². The van der Waals surface area contributed by atoms with Gasteiger partial charge >= 0.3 is 0 Å². The van der Waals surface area contributed by atoms with Crippen LogP contribution in [-0.4, -0.2) is 6.72 Å². The van der Waals surface area contributed by atoms with Gasteiger partial charge in [0.15, 0.2) is 0 Å². The number of hydrogen-bond donors (Lipinski definition) is 1. The second-order valence-corrected chi connectivity index (χ2v) is 2.58. The summed E-state index contributed by atoms with van der Waals surface area (Å²) in [5.41, 5.74) is 7.78. The molecule has 2 heteroatoms. The van der Waals surface area contributed by atoms with E-state index >= 15 is 0 Å². The molecular weight excluding hydrogens is 148 g/mol. The largest absolute Gasteiger partial charge is 0.384 e.